The Balaban J connectivity index is 2.91. The van der Waals surface area contributed by atoms with Gasteiger partial charge in [0.05, 0.1) is 19.1 Å². The van der Waals surface area contributed by atoms with Crippen LogP contribution in [0.4, 0.5) is 0 Å². The van der Waals surface area contributed by atoms with Crippen molar-refractivity contribution in [3.8, 4) is 6.07 Å². The molecule has 0 spiro atoms. The molecule has 4 heteroatoms. The van der Waals surface area contributed by atoms with E-state index in [2.05, 4.69) is 6.07 Å². The lowest BCUT2D eigenvalue weighted by atomic mass is 9.86. The van der Waals surface area contributed by atoms with Crippen LogP contribution in [-0.4, -0.2) is 18.4 Å². The van der Waals surface area contributed by atoms with Gasteiger partial charge < -0.3 is 4.74 Å². The van der Waals surface area contributed by atoms with Crippen LogP contribution in [-0.2, 0) is 14.3 Å². The van der Waals surface area contributed by atoms with Crippen molar-refractivity contribution >= 4 is 11.8 Å². The van der Waals surface area contributed by atoms with Crippen molar-refractivity contribution in [1.29, 1.82) is 5.26 Å². The van der Waals surface area contributed by atoms with Crippen molar-refractivity contribution in [3.05, 3.63) is 34.4 Å². The summed E-state index contributed by atoms with van der Waals surface area (Å²) in [7, 11) is 0. The van der Waals surface area contributed by atoms with Crippen LogP contribution in [0.25, 0.3) is 0 Å². The molecule has 0 amide bonds. The largest absolute Gasteiger partial charge is 0.466 e. The standard InChI is InChI=1S/C17H21NO3/c1-5-21-16(20)7-6-15(19)14(10-18)17-12(3)8-11(2)9-13(17)4/h8-9,14H,5-7H2,1-4H3. The first kappa shape index (κ1) is 16.9. The van der Waals surface area contributed by atoms with Crippen molar-refractivity contribution < 1.29 is 14.3 Å². The summed E-state index contributed by atoms with van der Waals surface area (Å²) in [6.07, 6.45) is 0.0542. The van der Waals surface area contributed by atoms with Crippen LogP contribution in [0.15, 0.2) is 12.1 Å². The van der Waals surface area contributed by atoms with Crippen molar-refractivity contribution in [2.24, 2.45) is 0 Å². The van der Waals surface area contributed by atoms with Crippen molar-refractivity contribution in [2.75, 3.05) is 6.61 Å². The summed E-state index contributed by atoms with van der Waals surface area (Å²) < 4.78 is 4.80. The van der Waals surface area contributed by atoms with Gasteiger partial charge in [0, 0.05) is 6.42 Å². The summed E-state index contributed by atoms with van der Waals surface area (Å²) >= 11 is 0. The van der Waals surface area contributed by atoms with E-state index < -0.39 is 11.9 Å². The molecule has 0 aromatic heterocycles. The third kappa shape index (κ3) is 4.42. The lowest BCUT2D eigenvalue weighted by Gasteiger charge is -2.15. The Bertz CT molecular complexity index is 561. The maximum Gasteiger partial charge on any atom is 0.306 e. The number of nitrogens with zero attached hydrogens (tertiary/aromatic N) is 1. The molecule has 0 heterocycles. The minimum atomic E-state index is -0.819. The highest BCUT2D eigenvalue weighted by Gasteiger charge is 2.24. The van der Waals surface area contributed by atoms with Gasteiger partial charge in [-0.15, -0.1) is 0 Å². The average molecular weight is 287 g/mol. The number of esters is 1. The maximum absolute atomic E-state index is 12.2. The molecule has 0 saturated carbocycles. The Kier molecular flexibility index (Phi) is 6.10. The van der Waals surface area contributed by atoms with Gasteiger partial charge in [-0.2, -0.15) is 5.26 Å². The highest BCUT2D eigenvalue weighted by molar-refractivity contribution is 5.91. The number of benzene rings is 1. The zero-order valence-electron chi connectivity index (χ0n) is 13.0. The molecule has 0 fully saturated rings. The van der Waals surface area contributed by atoms with E-state index >= 15 is 0 Å². The first-order valence-electron chi connectivity index (χ1n) is 7.06. The molecule has 0 N–H and O–H groups in total. The van der Waals surface area contributed by atoms with E-state index in [0.717, 1.165) is 22.3 Å². The van der Waals surface area contributed by atoms with Gasteiger partial charge in [0.15, 0.2) is 5.78 Å². The van der Waals surface area contributed by atoms with Crippen molar-refractivity contribution in [2.45, 2.75) is 46.5 Å². The SMILES string of the molecule is CCOC(=O)CCC(=O)C(C#N)c1c(C)cc(C)cc1C. The second kappa shape index (κ2) is 7.58. The highest BCUT2D eigenvalue weighted by Crippen LogP contribution is 2.26. The van der Waals surface area contributed by atoms with Crippen LogP contribution >= 0.6 is 0 Å². The molecule has 1 aromatic rings. The van der Waals surface area contributed by atoms with Crippen molar-refractivity contribution in [3.63, 3.8) is 0 Å². The van der Waals surface area contributed by atoms with Crippen molar-refractivity contribution in [1.82, 2.24) is 0 Å². The minimum Gasteiger partial charge on any atom is -0.466 e. The molecular formula is C17H21NO3. The molecule has 0 radical (unpaired) electrons. The van der Waals surface area contributed by atoms with E-state index in [0.29, 0.717) is 6.61 Å². The van der Waals surface area contributed by atoms with Crippen LogP contribution in [0.3, 0.4) is 0 Å². The molecule has 1 atom stereocenters. The molecule has 4 nitrogen and oxygen atoms in total. The Labute approximate surface area is 125 Å². The molecule has 112 valence electrons. The quantitative estimate of drug-likeness (QED) is 0.754. The molecule has 0 aliphatic rings. The number of aryl methyl sites for hydroxylation is 3. The van der Waals surface area contributed by atoms with Gasteiger partial charge >= 0.3 is 5.97 Å². The smallest absolute Gasteiger partial charge is 0.306 e. The number of ketones is 1. The van der Waals surface area contributed by atoms with E-state index in [9.17, 15) is 14.9 Å². The Hall–Kier alpha value is -2.15. The van der Waals surface area contributed by atoms with Gasteiger partial charge in [0.25, 0.3) is 0 Å². The summed E-state index contributed by atoms with van der Waals surface area (Å²) in [6, 6.07) is 6.00. The highest BCUT2D eigenvalue weighted by atomic mass is 16.5. The van der Waals surface area contributed by atoms with Gasteiger partial charge in [0.1, 0.15) is 5.92 Å². The molecular weight excluding hydrogens is 266 g/mol. The molecule has 21 heavy (non-hydrogen) atoms. The number of ether oxygens (including phenoxy) is 1. The normalized spacial score (nSPS) is 11.6. The number of rotatable bonds is 6. The number of nitriles is 1. The van der Waals surface area contributed by atoms with E-state index in [4.69, 9.17) is 4.74 Å². The monoisotopic (exact) mass is 287 g/mol. The maximum atomic E-state index is 12.2. The zero-order valence-corrected chi connectivity index (χ0v) is 13.0. The van der Waals surface area contributed by atoms with Crippen LogP contribution in [0.1, 0.15) is 47.9 Å². The number of hydrogen-bond acceptors (Lipinski definition) is 4. The Morgan fingerprint density at radius 3 is 2.24 bits per heavy atom. The average Bonchev–Trinajstić information content (AvgIpc) is 2.40. The summed E-state index contributed by atoms with van der Waals surface area (Å²) in [5, 5.41) is 9.35. The second-order valence-electron chi connectivity index (χ2n) is 5.15. The van der Waals surface area contributed by atoms with Crippen LogP contribution < -0.4 is 0 Å². The van der Waals surface area contributed by atoms with Gasteiger partial charge in [-0.05, 0) is 44.4 Å². The fourth-order valence-electron chi connectivity index (χ4n) is 2.55. The predicted molar refractivity (Wildman–Crippen MR) is 79.9 cm³/mol. The third-order valence-corrected chi connectivity index (χ3v) is 3.36. The lowest BCUT2D eigenvalue weighted by molar-refractivity contribution is -0.144. The predicted octanol–water partition coefficient (Wildman–Crippen LogP) is 3.13. The second-order valence-corrected chi connectivity index (χ2v) is 5.15. The van der Waals surface area contributed by atoms with E-state index in [1.807, 2.05) is 32.9 Å². The van der Waals surface area contributed by atoms with Gasteiger partial charge in [-0.3, -0.25) is 9.59 Å². The van der Waals surface area contributed by atoms with E-state index in [-0.39, 0.29) is 18.6 Å². The Morgan fingerprint density at radius 1 is 1.19 bits per heavy atom. The first-order valence-corrected chi connectivity index (χ1v) is 7.06. The third-order valence-electron chi connectivity index (χ3n) is 3.36. The van der Waals surface area contributed by atoms with Crippen LogP contribution in [0.2, 0.25) is 0 Å². The number of carbonyl (C=O) groups excluding carboxylic acids is 2. The van der Waals surface area contributed by atoms with Gasteiger partial charge in [-0.1, -0.05) is 17.7 Å². The molecule has 1 rings (SSSR count). The fourth-order valence-corrected chi connectivity index (χ4v) is 2.55. The summed E-state index contributed by atoms with van der Waals surface area (Å²) in [6.45, 7) is 7.80. The molecule has 0 aliphatic carbocycles. The van der Waals surface area contributed by atoms with E-state index in [1.165, 1.54) is 0 Å². The topological polar surface area (TPSA) is 67.2 Å². The number of carbonyl (C=O) groups is 2. The number of Topliss-reactive ketones (excluding diaryl/α,β-unsaturated/α-hetero) is 1. The number of hydrogen-bond donors (Lipinski definition) is 0. The lowest BCUT2D eigenvalue weighted by Crippen LogP contribution is -2.16. The molecule has 0 aliphatic heterocycles. The van der Waals surface area contributed by atoms with Crippen LogP contribution in [0.5, 0.6) is 0 Å². The minimum absolute atomic E-state index is 0.0226. The van der Waals surface area contributed by atoms with Gasteiger partial charge in [-0.25, -0.2) is 0 Å². The molecule has 1 unspecified atom stereocenters. The summed E-state index contributed by atoms with van der Waals surface area (Å²) in [5.41, 5.74) is 3.73. The van der Waals surface area contributed by atoms with E-state index in [1.54, 1.807) is 6.92 Å². The molecule has 0 saturated heterocycles. The summed E-state index contributed by atoms with van der Waals surface area (Å²) in [4.78, 5) is 23.6. The van der Waals surface area contributed by atoms with Crippen LogP contribution in [0, 0.1) is 32.1 Å². The molecule has 1 aromatic carbocycles. The Morgan fingerprint density at radius 2 is 1.76 bits per heavy atom. The first-order chi connectivity index (χ1) is 9.90. The fraction of sp³-hybridized carbons (Fsp3) is 0.471. The zero-order chi connectivity index (χ0) is 16.0. The summed E-state index contributed by atoms with van der Waals surface area (Å²) in [5.74, 6) is -1.46. The van der Waals surface area contributed by atoms with Gasteiger partial charge in [0.2, 0.25) is 0 Å². The molecule has 0 bridgehead atoms.